The van der Waals surface area contributed by atoms with Gasteiger partial charge in [-0.25, -0.2) is 4.98 Å². The van der Waals surface area contributed by atoms with E-state index in [9.17, 15) is 4.79 Å². The van der Waals surface area contributed by atoms with Crippen LogP contribution in [0.15, 0.2) is 12.3 Å². The fourth-order valence-corrected chi connectivity index (χ4v) is 2.41. The number of hydrogen-bond acceptors (Lipinski definition) is 4. The maximum absolute atomic E-state index is 11.3. The quantitative estimate of drug-likeness (QED) is 0.846. The first-order chi connectivity index (χ1) is 8.61. The van der Waals surface area contributed by atoms with Crippen LogP contribution in [0.1, 0.15) is 36.5 Å². The molecule has 2 rings (SSSR count). The van der Waals surface area contributed by atoms with Crippen molar-refractivity contribution < 1.29 is 4.79 Å². The van der Waals surface area contributed by atoms with Crippen molar-refractivity contribution in [3.63, 3.8) is 0 Å². The minimum absolute atomic E-state index is 0.342. The van der Waals surface area contributed by atoms with Crippen LogP contribution >= 0.6 is 0 Å². The Balaban J connectivity index is 2.15. The highest BCUT2D eigenvalue weighted by Gasteiger charge is 2.20. The van der Waals surface area contributed by atoms with Gasteiger partial charge in [0.25, 0.3) is 5.91 Å². The van der Waals surface area contributed by atoms with E-state index in [-0.39, 0.29) is 0 Å². The SMILES string of the molecule is CCC1CCN(c2cc(C(N)=O)c(N)cn2)CC1. The van der Waals surface area contributed by atoms with Gasteiger partial charge in [-0.2, -0.15) is 0 Å². The van der Waals surface area contributed by atoms with E-state index < -0.39 is 5.91 Å². The molecule has 1 aliphatic rings. The minimum atomic E-state index is -0.500. The smallest absolute Gasteiger partial charge is 0.250 e. The second kappa shape index (κ2) is 5.25. The van der Waals surface area contributed by atoms with Crippen molar-refractivity contribution in [3.05, 3.63) is 17.8 Å². The van der Waals surface area contributed by atoms with Crippen molar-refractivity contribution in [2.75, 3.05) is 23.7 Å². The molecule has 5 nitrogen and oxygen atoms in total. The lowest BCUT2D eigenvalue weighted by molar-refractivity contribution is 0.100. The number of nitrogens with two attached hydrogens (primary N) is 2. The van der Waals surface area contributed by atoms with Crippen LogP contribution in [0.4, 0.5) is 11.5 Å². The first-order valence-electron chi connectivity index (χ1n) is 6.42. The summed E-state index contributed by atoms with van der Waals surface area (Å²) in [5.41, 5.74) is 11.7. The third-order valence-corrected chi connectivity index (χ3v) is 3.70. The van der Waals surface area contributed by atoms with Crippen molar-refractivity contribution in [1.29, 1.82) is 0 Å². The minimum Gasteiger partial charge on any atom is -0.397 e. The molecule has 5 heteroatoms. The van der Waals surface area contributed by atoms with Crippen molar-refractivity contribution in [2.45, 2.75) is 26.2 Å². The van der Waals surface area contributed by atoms with E-state index in [1.807, 2.05) is 0 Å². The van der Waals surface area contributed by atoms with Crippen LogP contribution in [0, 0.1) is 5.92 Å². The number of primary amides is 1. The molecular weight excluding hydrogens is 228 g/mol. The van der Waals surface area contributed by atoms with E-state index in [4.69, 9.17) is 11.5 Å². The summed E-state index contributed by atoms with van der Waals surface area (Å²) in [7, 11) is 0. The Morgan fingerprint density at radius 1 is 1.50 bits per heavy atom. The van der Waals surface area contributed by atoms with Crippen molar-refractivity contribution in [1.82, 2.24) is 4.98 Å². The summed E-state index contributed by atoms with van der Waals surface area (Å²) in [6.45, 7) is 4.19. The number of nitrogens with zero attached hydrogens (tertiary/aromatic N) is 2. The van der Waals surface area contributed by atoms with E-state index in [2.05, 4.69) is 16.8 Å². The fraction of sp³-hybridized carbons (Fsp3) is 0.538. The van der Waals surface area contributed by atoms with Crippen molar-refractivity contribution in [3.8, 4) is 0 Å². The maximum Gasteiger partial charge on any atom is 0.250 e. The third-order valence-electron chi connectivity index (χ3n) is 3.70. The average molecular weight is 248 g/mol. The maximum atomic E-state index is 11.3. The summed E-state index contributed by atoms with van der Waals surface area (Å²) in [6, 6.07) is 1.70. The molecule has 2 heterocycles. The van der Waals surface area contributed by atoms with Crippen molar-refractivity contribution in [2.24, 2.45) is 11.7 Å². The van der Waals surface area contributed by atoms with E-state index >= 15 is 0 Å². The van der Waals surface area contributed by atoms with E-state index in [0.29, 0.717) is 11.3 Å². The van der Waals surface area contributed by atoms with E-state index in [1.165, 1.54) is 25.5 Å². The molecule has 1 aromatic heterocycles. The summed E-state index contributed by atoms with van der Waals surface area (Å²) in [5.74, 6) is 1.11. The third kappa shape index (κ3) is 2.55. The average Bonchev–Trinajstić information content (AvgIpc) is 2.39. The molecule has 0 saturated carbocycles. The molecule has 1 aromatic rings. The largest absolute Gasteiger partial charge is 0.397 e. The second-order valence-electron chi connectivity index (χ2n) is 4.83. The Hall–Kier alpha value is -1.78. The first-order valence-corrected chi connectivity index (χ1v) is 6.42. The fourth-order valence-electron chi connectivity index (χ4n) is 2.41. The second-order valence-corrected chi connectivity index (χ2v) is 4.83. The van der Waals surface area contributed by atoms with Gasteiger partial charge >= 0.3 is 0 Å². The predicted octanol–water partition coefficient (Wildman–Crippen LogP) is 1.39. The number of piperidine rings is 1. The topological polar surface area (TPSA) is 85.2 Å². The number of amides is 1. The zero-order valence-electron chi connectivity index (χ0n) is 10.7. The van der Waals surface area contributed by atoms with Crippen LogP contribution in [0.3, 0.4) is 0 Å². The summed E-state index contributed by atoms with van der Waals surface area (Å²) in [4.78, 5) is 17.7. The molecule has 0 aliphatic carbocycles. The molecule has 98 valence electrons. The summed E-state index contributed by atoms with van der Waals surface area (Å²) >= 11 is 0. The zero-order chi connectivity index (χ0) is 13.1. The standard InChI is InChI=1S/C13H20N4O/c1-2-9-3-5-17(6-4-9)12-7-10(13(15)18)11(14)8-16-12/h7-9H,2-6,14H2,1H3,(H2,15,18). The van der Waals surface area contributed by atoms with Crippen LogP contribution in [0.5, 0.6) is 0 Å². The van der Waals surface area contributed by atoms with Gasteiger partial charge in [0, 0.05) is 13.1 Å². The number of anilines is 2. The van der Waals surface area contributed by atoms with Gasteiger partial charge in [0.2, 0.25) is 0 Å². The number of pyridine rings is 1. The molecule has 0 spiro atoms. The van der Waals surface area contributed by atoms with Gasteiger partial charge in [-0.05, 0) is 24.8 Å². The zero-order valence-corrected chi connectivity index (χ0v) is 10.7. The highest BCUT2D eigenvalue weighted by molar-refractivity contribution is 5.98. The Morgan fingerprint density at radius 3 is 2.72 bits per heavy atom. The molecule has 0 unspecified atom stereocenters. The Kier molecular flexibility index (Phi) is 3.69. The van der Waals surface area contributed by atoms with E-state index in [1.54, 1.807) is 6.07 Å². The Labute approximate surface area is 107 Å². The number of carbonyl (C=O) groups is 1. The molecule has 1 saturated heterocycles. The van der Waals surface area contributed by atoms with E-state index in [0.717, 1.165) is 24.8 Å². The van der Waals surface area contributed by atoms with Crippen LogP contribution in [0.2, 0.25) is 0 Å². The van der Waals surface area contributed by atoms with Crippen LogP contribution in [-0.2, 0) is 0 Å². The van der Waals surface area contributed by atoms with Crippen LogP contribution in [-0.4, -0.2) is 24.0 Å². The molecule has 1 fully saturated rings. The highest BCUT2D eigenvalue weighted by Crippen LogP contribution is 2.25. The Morgan fingerprint density at radius 2 is 2.17 bits per heavy atom. The molecule has 4 N–H and O–H groups in total. The number of aromatic nitrogens is 1. The summed E-state index contributed by atoms with van der Waals surface area (Å²) in [6.07, 6.45) is 5.10. The lowest BCUT2D eigenvalue weighted by Crippen LogP contribution is -2.34. The Bertz CT molecular complexity index is 439. The predicted molar refractivity (Wildman–Crippen MR) is 72.4 cm³/mol. The van der Waals surface area contributed by atoms with Crippen molar-refractivity contribution >= 4 is 17.4 Å². The number of rotatable bonds is 3. The van der Waals surface area contributed by atoms with Crippen LogP contribution < -0.4 is 16.4 Å². The molecule has 0 radical (unpaired) electrons. The lowest BCUT2D eigenvalue weighted by Gasteiger charge is -2.32. The highest BCUT2D eigenvalue weighted by atomic mass is 16.1. The van der Waals surface area contributed by atoms with Crippen LogP contribution in [0.25, 0.3) is 0 Å². The number of hydrogen-bond donors (Lipinski definition) is 2. The first kappa shape index (κ1) is 12.7. The molecule has 18 heavy (non-hydrogen) atoms. The van der Waals surface area contributed by atoms with Gasteiger partial charge in [0.1, 0.15) is 5.82 Å². The van der Waals surface area contributed by atoms with Gasteiger partial charge in [-0.15, -0.1) is 0 Å². The summed E-state index contributed by atoms with van der Waals surface area (Å²) in [5, 5.41) is 0. The summed E-state index contributed by atoms with van der Waals surface area (Å²) < 4.78 is 0. The van der Waals surface area contributed by atoms with Gasteiger partial charge < -0.3 is 16.4 Å². The van der Waals surface area contributed by atoms with Gasteiger partial charge in [0.15, 0.2) is 0 Å². The molecule has 0 bridgehead atoms. The van der Waals surface area contributed by atoms with Gasteiger partial charge in [-0.3, -0.25) is 4.79 Å². The molecular formula is C13H20N4O. The molecule has 1 amide bonds. The van der Waals surface area contributed by atoms with Gasteiger partial charge in [-0.1, -0.05) is 13.3 Å². The molecule has 0 aromatic carbocycles. The lowest BCUT2D eigenvalue weighted by atomic mass is 9.94. The number of nitrogen functional groups attached to an aromatic ring is 1. The number of carbonyl (C=O) groups excluding carboxylic acids is 1. The normalized spacial score (nSPS) is 16.8. The van der Waals surface area contributed by atoms with Gasteiger partial charge in [0.05, 0.1) is 17.4 Å². The molecule has 0 atom stereocenters. The molecule has 1 aliphatic heterocycles. The monoisotopic (exact) mass is 248 g/mol.